The van der Waals surface area contributed by atoms with Crippen molar-refractivity contribution in [2.75, 3.05) is 6.54 Å². The minimum atomic E-state index is 0.266. The van der Waals surface area contributed by atoms with Crippen LogP contribution in [0.25, 0.3) is 0 Å². The van der Waals surface area contributed by atoms with Crippen LogP contribution in [0.4, 0.5) is 0 Å². The molecule has 0 radical (unpaired) electrons. The summed E-state index contributed by atoms with van der Waals surface area (Å²) in [7, 11) is 0. The van der Waals surface area contributed by atoms with Gasteiger partial charge in [-0.15, -0.1) is 0 Å². The van der Waals surface area contributed by atoms with E-state index in [1.54, 1.807) is 0 Å². The highest BCUT2D eigenvalue weighted by Crippen LogP contribution is 2.31. The molecule has 2 rings (SSSR count). The summed E-state index contributed by atoms with van der Waals surface area (Å²) < 4.78 is 6.21. The molecule has 106 valence electrons. The van der Waals surface area contributed by atoms with Crippen LogP contribution in [0.15, 0.2) is 18.2 Å². The normalized spacial score (nSPS) is 18.3. The maximum absolute atomic E-state index is 6.21. The van der Waals surface area contributed by atoms with Gasteiger partial charge in [0.2, 0.25) is 0 Å². The molecule has 1 unspecified atom stereocenters. The van der Waals surface area contributed by atoms with Gasteiger partial charge in [0.25, 0.3) is 0 Å². The zero-order chi connectivity index (χ0) is 13.7. The van der Waals surface area contributed by atoms with E-state index in [4.69, 9.17) is 16.3 Å². The number of nitrogens with one attached hydrogen (secondary N) is 1. The topological polar surface area (TPSA) is 21.3 Å². The first-order chi connectivity index (χ1) is 9.20. The Morgan fingerprint density at radius 2 is 2.05 bits per heavy atom. The van der Waals surface area contributed by atoms with Gasteiger partial charge in [0.15, 0.2) is 0 Å². The molecule has 1 fully saturated rings. The summed E-state index contributed by atoms with van der Waals surface area (Å²) in [4.78, 5) is 0. The van der Waals surface area contributed by atoms with Gasteiger partial charge in [-0.25, -0.2) is 0 Å². The van der Waals surface area contributed by atoms with Crippen LogP contribution in [0.2, 0.25) is 5.02 Å². The van der Waals surface area contributed by atoms with Crippen molar-refractivity contribution in [3.05, 3.63) is 28.8 Å². The van der Waals surface area contributed by atoms with Crippen LogP contribution in [0.3, 0.4) is 0 Å². The molecule has 1 atom stereocenters. The van der Waals surface area contributed by atoms with Crippen LogP contribution >= 0.6 is 11.6 Å². The van der Waals surface area contributed by atoms with E-state index < -0.39 is 0 Å². The Morgan fingerprint density at radius 3 is 2.74 bits per heavy atom. The lowest BCUT2D eigenvalue weighted by atomic mass is 9.97. The molecule has 0 aliphatic heterocycles. The lowest BCUT2D eigenvalue weighted by molar-refractivity contribution is 0.152. The minimum Gasteiger partial charge on any atom is -0.490 e. The Hall–Kier alpha value is -0.730. The summed E-state index contributed by atoms with van der Waals surface area (Å²) in [6.45, 7) is 5.21. The van der Waals surface area contributed by atoms with Gasteiger partial charge in [-0.1, -0.05) is 24.9 Å². The predicted octanol–water partition coefficient (Wildman–Crippen LogP) is 4.72. The van der Waals surface area contributed by atoms with Gasteiger partial charge in [0.1, 0.15) is 5.75 Å². The second-order valence-electron chi connectivity index (χ2n) is 5.34. The molecule has 19 heavy (non-hydrogen) atoms. The molecule has 0 saturated heterocycles. The fraction of sp³-hybridized carbons (Fsp3) is 0.625. The third-order valence-electron chi connectivity index (χ3n) is 3.79. The van der Waals surface area contributed by atoms with E-state index in [-0.39, 0.29) is 6.04 Å². The summed E-state index contributed by atoms with van der Waals surface area (Å²) in [5, 5.41) is 4.20. The Labute approximate surface area is 121 Å². The number of rotatable bonds is 5. The van der Waals surface area contributed by atoms with E-state index in [0.29, 0.717) is 6.10 Å². The Bertz CT molecular complexity index is 402. The minimum absolute atomic E-state index is 0.266. The highest BCUT2D eigenvalue weighted by Gasteiger charge is 2.18. The molecule has 2 nitrogen and oxygen atoms in total. The van der Waals surface area contributed by atoms with Crippen molar-refractivity contribution < 1.29 is 4.74 Å². The molecule has 1 N–H and O–H groups in total. The van der Waals surface area contributed by atoms with Gasteiger partial charge >= 0.3 is 0 Å². The summed E-state index contributed by atoms with van der Waals surface area (Å²) in [5.41, 5.74) is 1.17. The molecular formula is C16H24ClNO. The maximum Gasteiger partial charge on any atom is 0.124 e. The van der Waals surface area contributed by atoms with Gasteiger partial charge < -0.3 is 10.1 Å². The summed E-state index contributed by atoms with van der Waals surface area (Å²) in [6.07, 6.45) is 6.66. The maximum atomic E-state index is 6.21. The van der Waals surface area contributed by atoms with E-state index in [2.05, 4.69) is 19.2 Å². The van der Waals surface area contributed by atoms with Gasteiger partial charge in [-0.2, -0.15) is 0 Å². The number of halogens is 1. The van der Waals surface area contributed by atoms with Crippen molar-refractivity contribution in [1.82, 2.24) is 5.32 Å². The van der Waals surface area contributed by atoms with Crippen molar-refractivity contribution in [3.63, 3.8) is 0 Å². The molecule has 0 heterocycles. The Balaban J connectivity index is 2.13. The largest absolute Gasteiger partial charge is 0.490 e. The smallest absolute Gasteiger partial charge is 0.124 e. The molecule has 1 aliphatic carbocycles. The highest BCUT2D eigenvalue weighted by molar-refractivity contribution is 6.30. The Kier molecular flexibility index (Phi) is 5.53. The number of hydrogen-bond donors (Lipinski definition) is 1. The molecule has 3 heteroatoms. The molecule has 1 aromatic carbocycles. The van der Waals surface area contributed by atoms with Gasteiger partial charge in [-0.05, 0) is 57.4 Å². The van der Waals surface area contributed by atoms with Crippen LogP contribution in [0, 0.1) is 0 Å². The van der Waals surface area contributed by atoms with Crippen LogP contribution in [0.1, 0.15) is 57.6 Å². The first-order valence-electron chi connectivity index (χ1n) is 7.40. The fourth-order valence-corrected chi connectivity index (χ4v) is 2.92. The number of ether oxygens (including phenoxy) is 1. The fourth-order valence-electron chi connectivity index (χ4n) is 2.74. The Morgan fingerprint density at radius 1 is 1.32 bits per heavy atom. The standard InChI is InChI=1S/C16H24ClNO/c1-3-18-12(2)15-11-13(17)9-10-16(15)19-14-7-5-4-6-8-14/h9-12,14,18H,3-8H2,1-2H3. The monoisotopic (exact) mass is 281 g/mol. The zero-order valence-corrected chi connectivity index (χ0v) is 12.7. The second-order valence-corrected chi connectivity index (χ2v) is 5.78. The van der Waals surface area contributed by atoms with Crippen molar-refractivity contribution in [2.45, 2.75) is 58.1 Å². The first kappa shape index (κ1) is 14.7. The predicted molar refractivity (Wildman–Crippen MR) is 81.0 cm³/mol. The average Bonchev–Trinajstić information content (AvgIpc) is 2.42. The van der Waals surface area contributed by atoms with E-state index in [9.17, 15) is 0 Å². The van der Waals surface area contributed by atoms with Crippen LogP contribution in [0.5, 0.6) is 5.75 Å². The number of hydrogen-bond acceptors (Lipinski definition) is 2. The van der Waals surface area contributed by atoms with Crippen molar-refractivity contribution in [1.29, 1.82) is 0 Å². The lowest BCUT2D eigenvalue weighted by Crippen LogP contribution is -2.23. The van der Waals surface area contributed by atoms with Crippen LogP contribution in [-0.2, 0) is 0 Å². The average molecular weight is 282 g/mol. The molecule has 0 spiro atoms. The molecule has 1 saturated carbocycles. The molecule has 0 amide bonds. The second kappa shape index (κ2) is 7.16. The van der Waals surface area contributed by atoms with Crippen molar-refractivity contribution in [2.24, 2.45) is 0 Å². The molecule has 0 aromatic heterocycles. The van der Waals surface area contributed by atoms with Crippen molar-refractivity contribution in [3.8, 4) is 5.75 Å². The molecular weight excluding hydrogens is 258 g/mol. The number of benzene rings is 1. The van der Waals surface area contributed by atoms with E-state index in [1.165, 1.54) is 37.7 Å². The van der Waals surface area contributed by atoms with Gasteiger partial charge in [-0.3, -0.25) is 0 Å². The van der Waals surface area contributed by atoms with Crippen molar-refractivity contribution >= 4 is 11.6 Å². The first-order valence-corrected chi connectivity index (χ1v) is 7.78. The molecule has 1 aliphatic rings. The molecule has 1 aromatic rings. The SMILES string of the molecule is CCNC(C)c1cc(Cl)ccc1OC1CCCCC1. The third-order valence-corrected chi connectivity index (χ3v) is 4.03. The van der Waals surface area contributed by atoms with E-state index >= 15 is 0 Å². The van der Waals surface area contributed by atoms with E-state index in [1.807, 2.05) is 18.2 Å². The lowest BCUT2D eigenvalue weighted by Gasteiger charge is -2.26. The van der Waals surface area contributed by atoms with E-state index in [0.717, 1.165) is 17.3 Å². The van der Waals surface area contributed by atoms with Crippen LogP contribution in [-0.4, -0.2) is 12.6 Å². The molecule has 0 bridgehead atoms. The van der Waals surface area contributed by atoms with Gasteiger partial charge in [0, 0.05) is 16.6 Å². The van der Waals surface area contributed by atoms with Gasteiger partial charge in [0.05, 0.1) is 6.10 Å². The summed E-state index contributed by atoms with van der Waals surface area (Å²) >= 11 is 6.12. The third kappa shape index (κ3) is 4.12. The summed E-state index contributed by atoms with van der Waals surface area (Å²) in [6, 6.07) is 6.22. The zero-order valence-electron chi connectivity index (χ0n) is 11.9. The highest BCUT2D eigenvalue weighted by atomic mass is 35.5. The summed E-state index contributed by atoms with van der Waals surface area (Å²) in [5.74, 6) is 0.991. The van der Waals surface area contributed by atoms with Crippen LogP contribution < -0.4 is 10.1 Å². The quantitative estimate of drug-likeness (QED) is 0.843.